The highest BCUT2D eigenvalue weighted by Crippen LogP contribution is 2.15. The molecule has 2 rings (SSSR count). The molecule has 0 amide bonds. The Kier molecular flexibility index (Phi) is 7.19. The lowest BCUT2D eigenvalue weighted by Crippen LogP contribution is -2.39. The van der Waals surface area contributed by atoms with Gasteiger partial charge in [-0.15, -0.1) is 11.3 Å². The van der Waals surface area contributed by atoms with Gasteiger partial charge in [-0.2, -0.15) is 0 Å². The topological polar surface area (TPSA) is 39.7 Å². The van der Waals surface area contributed by atoms with Crippen LogP contribution in [0.2, 0.25) is 0 Å². The lowest BCUT2D eigenvalue weighted by molar-refractivity contribution is 0.182. The van der Waals surface area contributed by atoms with Crippen molar-refractivity contribution in [3.8, 4) is 0 Å². The van der Waals surface area contributed by atoms with Crippen LogP contribution in [0, 0.1) is 12.8 Å². The van der Waals surface area contributed by atoms with Crippen molar-refractivity contribution < 1.29 is 0 Å². The molecule has 1 saturated heterocycles. The van der Waals surface area contributed by atoms with E-state index >= 15 is 0 Å². The van der Waals surface area contributed by atoms with Crippen LogP contribution in [0.3, 0.4) is 0 Å². The molecular weight excluding hydrogens is 292 g/mol. The number of piperidine rings is 1. The van der Waals surface area contributed by atoms with Gasteiger partial charge in [0.1, 0.15) is 0 Å². The maximum absolute atomic E-state index is 4.29. The SMILES string of the molecule is CN=C(NCCCN1CCCC(C)C1)NCc1ccc(C)s1. The quantitative estimate of drug-likeness (QED) is 0.481. The largest absolute Gasteiger partial charge is 0.356 e. The molecule has 1 aliphatic rings. The summed E-state index contributed by atoms with van der Waals surface area (Å²) in [5, 5.41) is 6.79. The molecule has 124 valence electrons. The van der Waals surface area contributed by atoms with Gasteiger partial charge in [0.05, 0.1) is 6.54 Å². The zero-order chi connectivity index (χ0) is 15.8. The minimum Gasteiger partial charge on any atom is -0.356 e. The molecule has 2 N–H and O–H groups in total. The van der Waals surface area contributed by atoms with Gasteiger partial charge in [0.15, 0.2) is 5.96 Å². The average Bonchev–Trinajstić information content (AvgIpc) is 2.92. The first kappa shape index (κ1) is 17.3. The molecule has 0 aromatic carbocycles. The van der Waals surface area contributed by atoms with Gasteiger partial charge in [0.2, 0.25) is 0 Å². The molecule has 0 saturated carbocycles. The first-order valence-corrected chi connectivity index (χ1v) is 9.21. The fraction of sp³-hybridized carbons (Fsp3) is 0.706. The van der Waals surface area contributed by atoms with Crippen molar-refractivity contribution in [3.05, 3.63) is 21.9 Å². The predicted octanol–water partition coefficient (Wildman–Crippen LogP) is 2.84. The van der Waals surface area contributed by atoms with E-state index in [0.29, 0.717) is 0 Å². The molecule has 0 aliphatic carbocycles. The number of nitrogens with one attached hydrogen (secondary N) is 2. The smallest absolute Gasteiger partial charge is 0.191 e. The highest BCUT2D eigenvalue weighted by molar-refractivity contribution is 7.11. The zero-order valence-electron chi connectivity index (χ0n) is 14.2. The molecule has 1 aromatic heterocycles. The van der Waals surface area contributed by atoms with Crippen LogP contribution < -0.4 is 10.6 Å². The van der Waals surface area contributed by atoms with Crippen LogP contribution in [0.15, 0.2) is 17.1 Å². The van der Waals surface area contributed by atoms with Gasteiger partial charge in [-0.1, -0.05) is 6.92 Å². The molecule has 0 bridgehead atoms. The number of aryl methyl sites for hydroxylation is 1. The van der Waals surface area contributed by atoms with Crippen LogP contribution in [0.25, 0.3) is 0 Å². The van der Waals surface area contributed by atoms with Gasteiger partial charge in [0.25, 0.3) is 0 Å². The fourth-order valence-corrected chi connectivity index (χ4v) is 3.80. The minimum atomic E-state index is 0.849. The van der Waals surface area contributed by atoms with Gasteiger partial charge < -0.3 is 15.5 Å². The molecular formula is C17H30N4S. The Balaban J connectivity index is 1.60. The standard InChI is InChI=1S/C17H30N4S/c1-14-6-4-10-21(13-14)11-5-9-19-17(18-3)20-12-16-8-7-15(2)22-16/h7-8,14H,4-6,9-13H2,1-3H3,(H2,18,19,20). The second-order valence-corrected chi connectivity index (χ2v) is 7.64. The maximum Gasteiger partial charge on any atom is 0.191 e. The van der Waals surface area contributed by atoms with Gasteiger partial charge in [-0.05, 0) is 57.3 Å². The lowest BCUT2D eigenvalue weighted by Gasteiger charge is -2.30. The monoisotopic (exact) mass is 322 g/mol. The molecule has 1 aromatic rings. The Morgan fingerprint density at radius 3 is 2.95 bits per heavy atom. The second kappa shape index (κ2) is 9.16. The summed E-state index contributed by atoms with van der Waals surface area (Å²) in [6.45, 7) is 10.1. The Hall–Kier alpha value is -1.07. The molecule has 2 heterocycles. The summed E-state index contributed by atoms with van der Waals surface area (Å²) >= 11 is 1.84. The van der Waals surface area contributed by atoms with Crippen LogP contribution in [0.4, 0.5) is 0 Å². The third-order valence-corrected chi connectivity index (χ3v) is 5.14. The number of rotatable bonds is 6. The Morgan fingerprint density at radius 1 is 1.41 bits per heavy atom. The van der Waals surface area contributed by atoms with E-state index < -0.39 is 0 Å². The van der Waals surface area contributed by atoms with E-state index in [4.69, 9.17) is 0 Å². The molecule has 22 heavy (non-hydrogen) atoms. The van der Waals surface area contributed by atoms with E-state index in [-0.39, 0.29) is 0 Å². The van der Waals surface area contributed by atoms with Crippen LogP contribution in [-0.2, 0) is 6.54 Å². The van der Waals surface area contributed by atoms with Crippen LogP contribution in [0.5, 0.6) is 0 Å². The first-order valence-electron chi connectivity index (χ1n) is 8.39. The number of aliphatic imine (C=N–C) groups is 1. The van der Waals surface area contributed by atoms with Crippen molar-refractivity contribution >= 4 is 17.3 Å². The predicted molar refractivity (Wildman–Crippen MR) is 96.7 cm³/mol. The van der Waals surface area contributed by atoms with Crippen LogP contribution >= 0.6 is 11.3 Å². The molecule has 1 fully saturated rings. The van der Waals surface area contributed by atoms with Gasteiger partial charge in [-0.25, -0.2) is 0 Å². The molecule has 5 heteroatoms. The molecule has 1 aliphatic heterocycles. The fourth-order valence-electron chi connectivity index (χ4n) is 2.97. The van der Waals surface area contributed by atoms with Crippen molar-refractivity contribution in [2.24, 2.45) is 10.9 Å². The van der Waals surface area contributed by atoms with E-state index in [1.54, 1.807) is 0 Å². The van der Waals surface area contributed by atoms with Gasteiger partial charge in [0, 0.05) is 29.9 Å². The summed E-state index contributed by atoms with van der Waals surface area (Å²) in [4.78, 5) is 9.60. The molecule has 1 unspecified atom stereocenters. The van der Waals surface area contributed by atoms with E-state index in [0.717, 1.165) is 25.0 Å². The highest BCUT2D eigenvalue weighted by atomic mass is 32.1. The van der Waals surface area contributed by atoms with Crippen molar-refractivity contribution in [3.63, 3.8) is 0 Å². The number of hydrogen-bond acceptors (Lipinski definition) is 3. The van der Waals surface area contributed by atoms with Crippen molar-refractivity contribution in [2.75, 3.05) is 33.2 Å². The molecule has 1 atom stereocenters. The molecule has 0 spiro atoms. The number of nitrogens with zero attached hydrogens (tertiary/aromatic N) is 2. The second-order valence-electron chi connectivity index (χ2n) is 6.27. The third-order valence-electron chi connectivity index (χ3n) is 4.13. The van der Waals surface area contributed by atoms with Crippen LogP contribution in [-0.4, -0.2) is 44.1 Å². The summed E-state index contributed by atoms with van der Waals surface area (Å²) in [6, 6.07) is 4.34. The van der Waals surface area contributed by atoms with E-state index in [1.807, 2.05) is 18.4 Å². The van der Waals surface area contributed by atoms with Gasteiger partial charge in [-0.3, -0.25) is 4.99 Å². The Labute approximate surface area is 139 Å². The number of hydrogen-bond donors (Lipinski definition) is 2. The maximum atomic E-state index is 4.29. The third kappa shape index (κ3) is 5.97. The highest BCUT2D eigenvalue weighted by Gasteiger charge is 2.15. The van der Waals surface area contributed by atoms with E-state index in [2.05, 4.69) is 46.5 Å². The number of likely N-dealkylation sites (tertiary alicyclic amines) is 1. The van der Waals surface area contributed by atoms with Crippen molar-refractivity contribution in [1.29, 1.82) is 0 Å². The zero-order valence-corrected chi connectivity index (χ0v) is 15.0. The number of thiophene rings is 1. The summed E-state index contributed by atoms with van der Waals surface area (Å²) in [5.41, 5.74) is 0. The number of guanidine groups is 1. The summed E-state index contributed by atoms with van der Waals surface area (Å²) in [5.74, 6) is 1.77. The first-order chi connectivity index (χ1) is 10.7. The van der Waals surface area contributed by atoms with Gasteiger partial charge >= 0.3 is 0 Å². The minimum absolute atomic E-state index is 0.849. The van der Waals surface area contributed by atoms with Crippen LogP contribution in [0.1, 0.15) is 35.9 Å². The lowest BCUT2D eigenvalue weighted by atomic mass is 10.0. The molecule has 4 nitrogen and oxygen atoms in total. The normalized spacial score (nSPS) is 20.1. The Morgan fingerprint density at radius 2 is 2.27 bits per heavy atom. The Bertz CT molecular complexity index is 469. The van der Waals surface area contributed by atoms with Crippen molar-refractivity contribution in [2.45, 2.75) is 39.7 Å². The summed E-state index contributed by atoms with van der Waals surface area (Å²) in [6.07, 6.45) is 3.93. The summed E-state index contributed by atoms with van der Waals surface area (Å²) in [7, 11) is 1.83. The van der Waals surface area contributed by atoms with Crippen molar-refractivity contribution in [1.82, 2.24) is 15.5 Å². The average molecular weight is 323 g/mol. The van der Waals surface area contributed by atoms with E-state index in [9.17, 15) is 0 Å². The summed E-state index contributed by atoms with van der Waals surface area (Å²) < 4.78 is 0. The molecule has 0 radical (unpaired) electrons. The van der Waals surface area contributed by atoms with E-state index in [1.165, 1.54) is 48.7 Å².